The number of aryl methyl sites for hydroxylation is 2. The zero-order valence-electron chi connectivity index (χ0n) is 22.1. The Morgan fingerprint density at radius 2 is 1.09 bits per heavy atom. The van der Waals surface area contributed by atoms with Gasteiger partial charge in [0.2, 0.25) is 0 Å². The van der Waals surface area contributed by atoms with Crippen LogP contribution < -0.4 is 34.3 Å². The van der Waals surface area contributed by atoms with Gasteiger partial charge in [-0.25, -0.2) is 8.42 Å². The number of para-hydroxylation sites is 1. The minimum absolute atomic E-state index is 0. The largest absolute Gasteiger partial charge is 1.00 e. The first-order chi connectivity index (χ1) is 15.2. The molecule has 0 bridgehead atoms. The van der Waals surface area contributed by atoms with Gasteiger partial charge in [-0.1, -0.05) is 109 Å². The second-order valence-corrected chi connectivity index (χ2v) is 11.5. The molecule has 0 unspecified atom stereocenters. The van der Waals surface area contributed by atoms with Crippen LogP contribution in [0.2, 0.25) is 0 Å². The van der Waals surface area contributed by atoms with Crippen molar-refractivity contribution >= 4 is 10.1 Å². The van der Waals surface area contributed by atoms with Gasteiger partial charge >= 0.3 is 29.6 Å². The first-order valence-corrected chi connectivity index (χ1v) is 14.4. The molecule has 33 heavy (non-hydrogen) atoms. The quantitative estimate of drug-likeness (QED) is 0.157. The van der Waals surface area contributed by atoms with Gasteiger partial charge in [-0.15, -0.1) is 0 Å². The van der Waals surface area contributed by atoms with E-state index >= 15 is 0 Å². The topological polar surface area (TPSA) is 66.4 Å². The molecule has 0 aromatic heterocycles. The van der Waals surface area contributed by atoms with E-state index in [2.05, 4.69) is 13.8 Å². The number of hydrogen-bond acceptors (Lipinski definition) is 4. The van der Waals surface area contributed by atoms with E-state index < -0.39 is 15.1 Å². The van der Waals surface area contributed by atoms with Gasteiger partial charge in [0.05, 0.1) is 0 Å². The van der Waals surface area contributed by atoms with Crippen LogP contribution in [0.3, 0.4) is 0 Å². The molecule has 0 saturated heterocycles. The van der Waals surface area contributed by atoms with Crippen LogP contribution >= 0.6 is 0 Å². The van der Waals surface area contributed by atoms with E-state index in [0.717, 1.165) is 49.7 Å². The van der Waals surface area contributed by atoms with E-state index in [1.807, 2.05) is 18.2 Å². The van der Waals surface area contributed by atoms with Crippen molar-refractivity contribution in [3.8, 4) is 5.75 Å². The second kappa shape index (κ2) is 18.2. The van der Waals surface area contributed by atoms with Crippen LogP contribution in [0.25, 0.3) is 0 Å². The first kappa shape index (κ1) is 32.9. The Balaban J connectivity index is 0.0000102. The Morgan fingerprint density at radius 3 is 1.45 bits per heavy atom. The predicted octanol–water partition coefficient (Wildman–Crippen LogP) is 4.94. The summed E-state index contributed by atoms with van der Waals surface area (Å²) in [6.45, 7) is 7.17. The molecular weight excluding hydrogens is 443 g/mol. The van der Waals surface area contributed by atoms with Crippen molar-refractivity contribution in [2.45, 2.75) is 135 Å². The van der Waals surface area contributed by atoms with E-state index in [9.17, 15) is 13.0 Å². The summed E-state index contributed by atoms with van der Waals surface area (Å²) in [5, 5.41) is 0. The smallest absolute Gasteiger partial charge is 0.745 e. The minimum atomic E-state index is -4.58. The van der Waals surface area contributed by atoms with Crippen molar-refractivity contribution in [1.82, 2.24) is 0 Å². The van der Waals surface area contributed by atoms with Gasteiger partial charge in [-0.05, 0) is 50.7 Å². The van der Waals surface area contributed by atoms with E-state index in [0.29, 0.717) is 5.75 Å². The molecule has 4 nitrogen and oxygen atoms in total. The van der Waals surface area contributed by atoms with Gasteiger partial charge in [0, 0.05) is 0 Å². The van der Waals surface area contributed by atoms with E-state index in [4.69, 9.17) is 4.74 Å². The molecular formula is C27H47NaO4S. The molecule has 0 aliphatic carbocycles. The van der Waals surface area contributed by atoms with Gasteiger partial charge in [-0.3, -0.25) is 0 Å². The zero-order valence-corrected chi connectivity index (χ0v) is 24.9. The summed E-state index contributed by atoms with van der Waals surface area (Å²) in [5.41, 5.74) is 2.05. The Morgan fingerprint density at radius 1 is 0.727 bits per heavy atom. The van der Waals surface area contributed by atoms with E-state index in [1.54, 1.807) is 0 Å². The van der Waals surface area contributed by atoms with Crippen LogP contribution in [0, 0.1) is 0 Å². The molecule has 1 aromatic rings. The molecule has 0 spiro atoms. The van der Waals surface area contributed by atoms with E-state index in [-0.39, 0.29) is 29.6 Å². The van der Waals surface area contributed by atoms with Crippen LogP contribution in [0.1, 0.15) is 129 Å². The van der Waals surface area contributed by atoms with Crippen molar-refractivity contribution in [2.24, 2.45) is 0 Å². The maximum atomic E-state index is 11.8. The van der Waals surface area contributed by atoms with Crippen molar-refractivity contribution in [3.05, 3.63) is 29.3 Å². The summed E-state index contributed by atoms with van der Waals surface area (Å²) in [6.07, 6.45) is 18.8. The maximum Gasteiger partial charge on any atom is 1.00 e. The van der Waals surface area contributed by atoms with Crippen molar-refractivity contribution in [3.63, 3.8) is 0 Å². The summed E-state index contributed by atoms with van der Waals surface area (Å²) >= 11 is 0. The molecule has 0 saturated carbocycles. The van der Waals surface area contributed by atoms with Crippen molar-refractivity contribution < 1.29 is 47.3 Å². The summed E-state index contributed by atoms with van der Waals surface area (Å²) in [7, 11) is -4.58. The first-order valence-electron chi connectivity index (χ1n) is 13.0. The van der Waals surface area contributed by atoms with Crippen molar-refractivity contribution in [2.75, 3.05) is 0 Å². The molecule has 0 heterocycles. The number of hydrogen-bond donors (Lipinski definition) is 0. The van der Waals surface area contributed by atoms with Gasteiger partial charge in [0.25, 0.3) is 0 Å². The fourth-order valence-electron chi connectivity index (χ4n) is 4.00. The fraction of sp³-hybridized carbons (Fsp3) is 0.778. The minimum Gasteiger partial charge on any atom is -0.745 e. The number of benzene rings is 1. The number of rotatable bonds is 19. The molecule has 1 aromatic carbocycles. The fourth-order valence-corrected chi connectivity index (χ4v) is 4.19. The molecule has 1 rings (SSSR count). The van der Waals surface area contributed by atoms with Crippen LogP contribution in [0.5, 0.6) is 5.75 Å². The normalized spacial score (nSPS) is 11.9. The average molecular weight is 491 g/mol. The Labute approximate surface area is 226 Å². The monoisotopic (exact) mass is 490 g/mol. The van der Waals surface area contributed by atoms with Crippen LogP contribution in [0.15, 0.2) is 18.2 Å². The second-order valence-electron chi connectivity index (χ2n) is 9.60. The van der Waals surface area contributed by atoms with Crippen molar-refractivity contribution in [1.29, 1.82) is 0 Å². The summed E-state index contributed by atoms with van der Waals surface area (Å²) in [6, 6.07) is 6.08. The maximum absolute atomic E-state index is 11.8. The third kappa shape index (κ3) is 13.6. The molecule has 0 fully saturated rings. The molecule has 0 radical (unpaired) electrons. The standard InChI is InChI=1S/C27H48O4S.Na/c1-5-7-9-11-13-15-17-20-24-22-19-23-25(21-18-16-14-12-10-8-6-2)26(24)31-27(3,4)32(28,29)30;/h19,22-23H,5-18,20-21H2,1-4H3,(H,28,29,30);/q;+1/p-1. The molecule has 0 amide bonds. The summed E-state index contributed by atoms with van der Waals surface area (Å²) < 4.78 is 41.3. The third-order valence-electron chi connectivity index (χ3n) is 6.23. The molecule has 6 heteroatoms. The van der Waals surface area contributed by atoms with Gasteiger partial charge in [-0.2, -0.15) is 0 Å². The van der Waals surface area contributed by atoms with Gasteiger partial charge in [0.1, 0.15) is 15.9 Å². The van der Waals surface area contributed by atoms with Gasteiger partial charge < -0.3 is 9.29 Å². The zero-order chi connectivity index (χ0) is 23.9. The SMILES string of the molecule is CCCCCCCCCc1cccc(CCCCCCCCC)c1OC(C)(C)S(=O)(=O)[O-].[Na+]. The van der Waals surface area contributed by atoms with Crippen LogP contribution in [-0.4, -0.2) is 17.9 Å². The average Bonchev–Trinajstić information content (AvgIpc) is 2.73. The Hall–Kier alpha value is -0.0700. The molecule has 0 aliphatic heterocycles. The molecule has 0 aliphatic rings. The van der Waals surface area contributed by atoms with Gasteiger partial charge in [0.15, 0.2) is 4.93 Å². The Kier molecular flexibility index (Phi) is 18.2. The molecule has 186 valence electrons. The molecule has 0 atom stereocenters. The summed E-state index contributed by atoms with van der Waals surface area (Å²) in [4.78, 5) is -1.78. The van der Waals surface area contributed by atoms with Crippen LogP contribution in [-0.2, 0) is 23.0 Å². The number of ether oxygens (including phenoxy) is 1. The van der Waals surface area contributed by atoms with E-state index in [1.165, 1.54) is 78.1 Å². The summed E-state index contributed by atoms with van der Waals surface area (Å²) in [5.74, 6) is 0.619. The predicted molar refractivity (Wildman–Crippen MR) is 134 cm³/mol. The number of unbranched alkanes of at least 4 members (excludes halogenated alkanes) is 12. The third-order valence-corrected chi connectivity index (χ3v) is 7.51. The molecule has 0 N–H and O–H groups in total. The van der Waals surface area contributed by atoms with Crippen LogP contribution in [0.4, 0.5) is 0 Å². The Bertz CT molecular complexity index is 695.